The number of rotatable bonds is 8. The van der Waals surface area contributed by atoms with E-state index in [4.69, 9.17) is 9.47 Å². The van der Waals surface area contributed by atoms with Gasteiger partial charge >= 0.3 is 11.7 Å². The number of nitrogens with one attached hydrogen (secondary N) is 1. The van der Waals surface area contributed by atoms with Gasteiger partial charge in [0.05, 0.1) is 54.2 Å². The Balaban J connectivity index is 1.34. The van der Waals surface area contributed by atoms with E-state index in [0.29, 0.717) is 16.5 Å². The molecular weight excluding hydrogens is 657 g/mol. The second kappa shape index (κ2) is 13.4. The molecule has 4 heterocycles. The average Bonchev–Trinajstić information content (AvgIpc) is 3.10. The maximum atomic E-state index is 15.6. The third-order valence-electron chi connectivity index (χ3n) is 8.91. The number of esters is 1. The third-order valence-corrected chi connectivity index (χ3v) is 8.91. The highest BCUT2D eigenvalue weighted by molar-refractivity contribution is 5.99. The summed E-state index contributed by atoms with van der Waals surface area (Å²) >= 11 is 0. The number of pyridine rings is 2. The number of ether oxygens (including phenoxy) is 2. The first-order valence-corrected chi connectivity index (χ1v) is 15.7. The molecule has 5 aromatic rings. The van der Waals surface area contributed by atoms with Crippen LogP contribution in [0.3, 0.4) is 0 Å². The topological polar surface area (TPSA) is 138 Å². The van der Waals surface area contributed by atoms with E-state index in [0.717, 1.165) is 24.7 Å². The molecule has 0 radical (unpaired) electrons. The molecule has 260 valence electrons. The molecule has 3 aromatic heterocycles. The highest BCUT2D eigenvalue weighted by atomic mass is 19.3. The quantitative estimate of drug-likeness (QED) is 0.243. The molecule has 1 saturated heterocycles. The van der Waals surface area contributed by atoms with Crippen molar-refractivity contribution in [3.8, 4) is 5.69 Å². The molecule has 0 spiro atoms. The Kier molecular flexibility index (Phi) is 9.18. The minimum atomic E-state index is -3.13. The smallest absolute Gasteiger partial charge is 0.335 e. The van der Waals surface area contributed by atoms with Gasteiger partial charge in [0.2, 0.25) is 0 Å². The number of amides is 1. The fourth-order valence-electron chi connectivity index (χ4n) is 6.38. The third kappa shape index (κ3) is 6.19. The molecule has 50 heavy (non-hydrogen) atoms. The molecule has 0 aliphatic carbocycles. The predicted molar refractivity (Wildman–Crippen MR) is 179 cm³/mol. The van der Waals surface area contributed by atoms with Crippen LogP contribution >= 0.6 is 0 Å². The number of fused-ring (bicyclic) bond motifs is 2. The maximum absolute atomic E-state index is 15.6. The zero-order valence-corrected chi connectivity index (χ0v) is 27.6. The standard InChI is InChI=1S/C35H33F3N6O6/c1-19-14-21(43-12-13-50-18-28(43)35(2,37)38)16-24(36)29(19)31(45)41-25(33(47)49-4)15-20-7-8-26(30-22(20)6-5-10-40-30)44-32(46)23-9-11-39-17-27(23)42(3)34(44)48/h5-11,14,16-17,25,28H,12-13,15,18H2,1-4H3,(H,41,45)/t25-,28+/m0/s1. The Morgan fingerprint density at radius 2 is 1.92 bits per heavy atom. The SMILES string of the molecule is COC(=O)[C@H](Cc1ccc(-n2c(=O)c3ccncc3n(C)c2=O)c2ncccc12)NC(=O)c1c(C)cc(N2CCOC[C@@H]2C(C)(F)F)cc1F. The Bertz CT molecular complexity index is 2240. The van der Waals surface area contributed by atoms with E-state index in [1.54, 1.807) is 18.2 Å². The minimum Gasteiger partial charge on any atom is -0.467 e. The summed E-state index contributed by atoms with van der Waals surface area (Å²) in [4.78, 5) is 63.3. The number of anilines is 1. The van der Waals surface area contributed by atoms with Gasteiger partial charge in [-0.15, -0.1) is 0 Å². The van der Waals surface area contributed by atoms with E-state index in [1.807, 2.05) is 0 Å². The number of hydrogen-bond acceptors (Lipinski definition) is 9. The van der Waals surface area contributed by atoms with Gasteiger partial charge in [-0.2, -0.15) is 0 Å². The molecule has 0 saturated carbocycles. The van der Waals surface area contributed by atoms with Gasteiger partial charge in [-0.05, 0) is 48.4 Å². The lowest BCUT2D eigenvalue weighted by Gasteiger charge is -2.40. The normalized spacial score (nSPS) is 15.7. The van der Waals surface area contributed by atoms with Gasteiger partial charge in [-0.25, -0.2) is 27.3 Å². The van der Waals surface area contributed by atoms with Crippen molar-refractivity contribution in [3.05, 3.63) is 104 Å². The van der Waals surface area contributed by atoms with Gasteiger partial charge in [0.1, 0.15) is 17.9 Å². The second-order valence-electron chi connectivity index (χ2n) is 12.1. The summed E-state index contributed by atoms with van der Waals surface area (Å²) in [6.45, 7) is 2.28. The van der Waals surface area contributed by atoms with Gasteiger partial charge in [-0.1, -0.05) is 12.1 Å². The van der Waals surface area contributed by atoms with E-state index in [2.05, 4.69) is 15.3 Å². The van der Waals surface area contributed by atoms with Crippen LogP contribution in [-0.2, 0) is 27.7 Å². The van der Waals surface area contributed by atoms with Crippen molar-refractivity contribution < 1.29 is 32.2 Å². The highest BCUT2D eigenvalue weighted by Crippen LogP contribution is 2.32. The predicted octanol–water partition coefficient (Wildman–Crippen LogP) is 3.45. The van der Waals surface area contributed by atoms with Crippen molar-refractivity contribution in [3.63, 3.8) is 0 Å². The molecule has 1 aliphatic heterocycles. The Labute approximate surface area is 283 Å². The molecule has 1 aliphatic rings. The lowest BCUT2D eigenvalue weighted by Crippen LogP contribution is -2.54. The maximum Gasteiger partial charge on any atom is 0.335 e. The van der Waals surface area contributed by atoms with Crippen LogP contribution in [0.4, 0.5) is 18.9 Å². The molecule has 6 rings (SSSR count). The first-order valence-electron chi connectivity index (χ1n) is 15.7. The number of benzene rings is 2. The van der Waals surface area contributed by atoms with E-state index in [-0.39, 0.29) is 59.6 Å². The van der Waals surface area contributed by atoms with Crippen molar-refractivity contribution >= 4 is 39.4 Å². The Hall–Kier alpha value is -5.57. The Morgan fingerprint density at radius 3 is 2.64 bits per heavy atom. The van der Waals surface area contributed by atoms with E-state index < -0.39 is 46.9 Å². The molecule has 1 N–H and O–H groups in total. The summed E-state index contributed by atoms with van der Waals surface area (Å²) in [6, 6.07) is 7.82. The molecule has 2 aromatic carbocycles. The number of carbonyl (C=O) groups is 2. The zero-order chi connectivity index (χ0) is 35.9. The molecule has 0 unspecified atom stereocenters. The van der Waals surface area contributed by atoms with Gasteiger partial charge in [0.15, 0.2) is 0 Å². The minimum absolute atomic E-state index is 0.103. The van der Waals surface area contributed by atoms with E-state index in [1.165, 1.54) is 60.2 Å². The van der Waals surface area contributed by atoms with Crippen LogP contribution in [0.1, 0.15) is 28.4 Å². The lowest BCUT2D eigenvalue weighted by molar-refractivity contribution is -0.142. The number of morpholine rings is 1. The summed E-state index contributed by atoms with van der Waals surface area (Å²) in [5.41, 5.74) is 0.144. The van der Waals surface area contributed by atoms with Crippen molar-refractivity contribution in [1.29, 1.82) is 0 Å². The highest BCUT2D eigenvalue weighted by Gasteiger charge is 2.41. The molecule has 1 amide bonds. The molecular formula is C35H33F3N6O6. The average molecular weight is 691 g/mol. The zero-order valence-electron chi connectivity index (χ0n) is 27.6. The molecule has 12 nitrogen and oxygen atoms in total. The lowest BCUT2D eigenvalue weighted by atomic mass is 9.99. The molecule has 2 atom stereocenters. The van der Waals surface area contributed by atoms with Crippen LogP contribution in [0.5, 0.6) is 0 Å². The van der Waals surface area contributed by atoms with Crippen molar-refractivity contribution in [2.45, 2.75) is 38.3 Å². The molecule has 15 heteroatoms. The second-order valence-corrected chi connectivity index (χ2v) is 12.1. The number of hydrogen-bond donors (Lipinski definition) is 1. The molecule has 1 fully saturated rings. The number of carbonyl (C=O) groups excluding carboxylic acids is 2. The summed E-state index contributed by atoms with van der Waals surface area (Å²) in [6.07, 6.45) is 4.24. The van der Waals surface area contributed by atoms with Crippen LogP contribution in [0.2, 0.25) is 0 Å². The number of aryl methyl sites for hydroxylation is 2. The first kappa shape index (κ1) is 34.3. The van der Waals surface area contributed by atoms with Gasteiger partial charge < -0.3 is 19.7 Å². The van der Waals surface area contributed by atoms with Crippen molar-refractivity contribution in [2.75, 3.05) is 31.8 Å². The fourth-order valence-corrected chi connectivity index (χ4v) is 6.38. The van der Waals surface area contributed by atoms with E-state index >= 15 is 4.39 Å². The number of aromatic nitrogens is 4. The monoisotopic (exact) mass is 690 g/mol. The fraction of sp³-hybridized carbons (Fsp3) is 0.314. The summed E-state index contributed by atoms with van der Waals surface area (Å²) < 4.78 is 56.8. The van der Waals surface area contributed by atoms with E-state index in [9.17, 15) is 28.0 Å². The summed E-state index contributed by atoms with van der Waals surface area (Å²) in [7, 11) is 2.67. The number of halogens is 3. The van der Waals surface area contributed by atoms with Crippen LogP contribution in [0.15, 0.2) is 70.6 Å². The van der Waals surface area contributed by atoms with Crippen LogP contribution in [0, 0.1) is 12.7 Å². The van der Waals surface area contributed by atoms with Gasteiger partial charge in [-0.3, -0.25) is 24.1 Å². The Morgan fingerprint density at radius 1 is 1.14 bits per heavy atom. The first-order chi connectivity index (χ1) is 23.8. The van der Waals surface area contributed by atoms with Gasteiger partial charge in [0.25, 0.3) is 17.4 Å². The number of methoxy groups -OCH3 is 1. The van der Waals surface area contributed by atoms with Gasteiger partial charge in [0, 0.05) is 50.4 Å². The van der Waals surface area contributed by atoms with Crippen LogP contribution < -0.4 is 21.5 Å². The van der Waals surface area contributed by atoms with Crippen LogP contribution in [0.25, 0.3) is 27.5 Å². The largest absolute Gasteiger partial charge is 0.467 e. The van der Waals surface area contributed by atoms with Crippen molar-refractivity contribution in [1.82, 2.24) is 24.4 Å². The number of alkyl halides is 2. The van der Waals surface area contributed by atoms with Crippen LogP contribution in [-0.4, -0.2) is 75.9 Å². The summed E-state index contributed by atoms with van der Waals surface area (Å²) in [5, 5.41) is 3.31. The molecule has 0 bridgehead atoms. The van der Waals surface area contributed by atoms with Crippen molar-refractivity contribution in [2.24, 2.45) is 7.05 Å². The number of nitrogens with zero attached hydrogens (tertiary/aromatic N) is 5. The summed E-state index contributed by atoms with van der Waals surface area (Å²) in [5.74, 6) is -5.82.